The quantitative estimate of drug-likeness (QED) is 0.616. The van der Waals surface area contributed by atoms with Crippen LogP contribution in [-0.2, 0) is 26.2 Å². The SMILES string of the molecule is Cc1ccc(S(=O)(=O)NCC(=O)OCc2nnc(-c3ccco3)o2)cc1. The topological polar surface area (TPSA) is 125 Å². The van der Waals surface area contributed by atoms with Gasteiger partial charge in [0.1, 0.15) is 6.54 Å². The van der Waals surface area contributed by atoms with E-state index in [9.17, 15) is 13.2 Å². The Morgan fingerprint density at radius 1 is 1.19 bits per heavy atom. The van der Waals surface area contributed by atoms with Crippen LogP contribution < -0.4 is 4.72 Å². The Kier molecular flexibility index (Phi) is 5.14. The molecular formula is C16H15N3O6S. The third kappa shape index (κ3) is 4.35. The Balaban J connectivity index is 1.51. The fraction of sp³-hybridized carbons (Fsp3) is 0.188. The van der Waals surface area contributed by atoms with E-state index in [4.69, 9.17) is 13.6 Å². The number of hydrogen-bond acceptors (Lipinski definition) is 8. The number of hydrogen-bond donors (Lipinski definition) is 1. The third-order valence-electron chi connectivity index (χ3n) is 3.29. The first-order valence-electron chi connectivity index (χ1n) is 7.52. The summed E-state index contributed by atoms with van der Waals surface area (Å²) >= 11 is 0. The van der Waals surface area contributed by atoms with Gasteiger partial charge in [0.15, 0.2) is 12.4 Å². The highest BCUT2D eigenvalue weighted by molar-refractivity contribution is 7.89. The van der Waals surface area contributed by atoms with E-state index in [-0.39, 0.29) is 23.3 Å². The summed E-state index contributed by atoms with van der Waals surface area (Å²) in [5, 5.41) is 7.47. The Labute approximate surface area is 149 Å². The first-order valence-corrected chi connectivity index (χ1v) is 9.00. The van der Waals surface area contributed by atoms with Crippen molar-refractivity contribution in [3.05, 3.63) is 54.1 Å². The molecule has 0 aliphatic rings. The number of esters is 1. The molecule has 0 saturated heterocycles. The zero-order valence-corrected chi connectivity index (χ0v) is 14.5. The zero-order valence-electron chi connectivity index (χ0n) is 13.7. The molecule has 0 unspecified atom stereocenters. The van der Waals surface area contributed by atoms with Crippen LogP contribution in [0.5, 0.6) is 0 Å². The average molecular weight is 377 g/mol. The molecule has 0 radical (unpaired) electrons. The molecule has 0 atom stereocenters. The lowest BCUT2D eigenvalue weighted by Crippen LogP contribution is -2.30. The van der Waals surface area contributed by atoms with E-state index < -0.39 is 22.5 Å². The summed E-state index contributed by atoms with van der Waals surface area (Å²) < 4.78 is 41.6. The molecular weight excluding hydrogens is 362 g/mol. The van der Waals surface area contributed by atoms with E-state index in [2.05, 4.69) is 14.9 Å². The summed E-state index contributed by atoms with van der Waals surface area (Å²) in [6.45, 7) is 1.05. The van der Waals surface area contributed by atoms with E-state index >= 15 is 0 Å². The fourth-order valence-corrected chi connectivity index (χ4v) is 2.93. The Bertz CT molecular complexity index is 977. The Morgan fingerprint density at radius 3 is 2.65 bits per heavy atom. The van der Waals surface area contributed by atoms with E-state index in [1.165, 1.54) is 18.4 Å². The zero-order chi connectivity index (χ0) is 18.6. The number of carbonyl (C=O) groups is 1. The fourth-order valence-electron chi connectivity index (χ4n) is 1.96. The van der Waals surface area contributed by atoms with Gasteiger partial charge in [0.2, 0.25) is 10.0 Å². The van der Waals surface area contributed by atoms with Crippen molar-refractivity contribution in [2.45, 2.75) is 18.4 Å². The van der Waals surface area contributed by atoms with E-state index in [0.29, 0.717) is 5.76 Å². The van der Waals surface area contributed by atoms with Gasteiger partial charge >= 0.3 is 5.97 Å². The van der Waals surface area contributed by atoms with E-state index in [1.807, 2.05) is 6.92 Å². The van der Waals surface area contributed by atoms with Gasteiger partial charge in [0.05, 0.1) is 11.2 Å². The van der Waals surface area contributed by atoms with Gasteiger partial charge in [0.25, 0.3) is 11.8 Å². The molecule has 0 amide bonds. The number of rotatable bonds is 7. The minimum Gasteiger partial charge on any atom is -0.459 e. The van der Waals surface area contributed by atoms with Crippen molar-refractivity contribution in [1.29, 1.82) is 0 Å². The number of furan rings is 1. The van der Waals surface area contributed by atoms with Crippen molar-refractivity contribution in [2.24, 2.45) is 0 Å². The molecule has 136 valence electrons. The number of nitrogens with zero attached hydrogens (tertiary/aromatic N) is 2. The van der Waals surface area contributed by atoms with Crippen LogP contribution in [0, 0.1) is 6.92 Å². The Hall–Kier alpha value is -2.98. The van der Waals surface area contributed by atoms with Crippen LogP contribution in [0.4, 0.5) is 0 Å². The maximum atomic E-state index is 12.1. The van der Waals surface area contributed by atoms with Crippen LogP contribution in [-0.4, -0.2) is 31.1 Å². The van der Waals surface area contributed by atoms with Gasteiger partial charge in [-0.2, -0.15) is 4.72 Å². The van der Waals surface area contributed by atoms with Crippen LogP contribution in [0.1, 0.15) is 11.5 Å². The predicted octanol–water partition coefficient (Wildman–Crippen LogP) is 1.66. The third-order valence-corrected chi connectivity index (χ3v) is 4.71. The maximum Gasteiger partial charge on any atom is 0.321 e. The van der Waals surface area contributed by atoms with Crippen molar-refractivity contribution in [3.8, 4) is 11.7 Å². The number of aromatic nitrogens is 2. The van der Waals surface area contributed by atoms with Gasteiger partial charge < -0.3 is 13.6 Å². The normalized spacial score (nSPS) is 11.4. The van der Waals surface area contributed by atoms with Crippen LogP contribution >= 0.6 is 0 Å². The lowest BCUT2D eigenvalue weighted by atomic mass is 10.2. The van der Waals surface area contributed by atoms with Crippen LogP contribution in [0.3, 0.4) is 0 Å². The summed E-state index contributed by atoms with van der Waals surface area (Å²) in [6, 6.07) is 9.55. The number of nitrogens with one attached hydrogen (secondary N) is 1. The number of sulfonamides is 1. The van der Waals surface area contributed by atoms with Gasteiger partial charge in [-0.1, -0.05) is 17.7 Å². The molecule has 0 bridgehead atoms. The maximum absolute atomic E-state index is 12.1. The molecule has 0 aliphatic carbocycles. The summed E-state index contributed by atoms with van der Waals surface area (Å²) in [4.78, 5) is 11.8. The largest absolute Gasteiger partial charge is 0.459 e. The van der Waals surface area contributed by atoms with Crippen molar-refractivity contribution in [2.75, 3.05) is 6.54 Å². The molecule has 0 spiro atoms. The molecule has 3 rings (SSSR count). The van der Waals surface area contributed by atoms with Gasteiger partial charge in [-0.05, 0) is 31.2 Å². The van der Waals surface area contributed by atoms with Crippen LogP contribution in [0.15, 0.2) is 56.4 Å². The Morgan fingerprint density at radius 2 is 1.96 bits per heavy atom. The first kappa shape index (κ1) is 17.8. The smallest absolute Gasteiger partial charge is 0.321 e. The second-order valence-corrected chi connectivity index (χ2v) is 7.04. The summed E-state index contributed by atoms with van der Waals surface area (Å²) in [6.07, 6.45) is 1.46. The second kappa shape index (κ2) is 7.50. The molecule has 3 aromatic rings. The van der Waals surface area contributed by atoms with Crippen LogP contribution in [0.2, 0.25) is 0 Å². The van der Waals surface area contributed by atoms with Crippen molar-refractivity contribution in [1.82, 2.24) is 14.9 Å². The molecule has 10 heteroatoms. The minimum atomic E-state index is -3.80. The number of benzene rings is 1. The van der Waals surface area contributed by atoms with Crippen LogP contribution in [0.25, 0.3) is 11.7 Å². The van der Waals surface area contributed by atoms with E-state index in [0.717, 1.165) is 5.56 Å². The summed E-state index contributed by atoms with van der Waals surface area (Å²) in [5.41, 5.74) is 0.928. The van der Waals surface area contributed by atoms with Gasteiger partial charge in [-0.15, -0.1) is 10.2 Å². The minimum absolute atomic E-state index is 0.0612. The highest BCUT2D eigenvalue weighted by Gasteiger charge is 2.17. The second-order valence-electron chi connectivity index (χ2n) is 5.28. The molecule has 2 heterocycles. The molecule has 9 nitrogen and oxygen atoms in total. The summed E-state index contributed by atoms with van der Waals surface area (Å²) in [7, 11) is -3.80. The molecule has 0 fully saturated rings. The van der Waals surface area contributed by atoms with Gasteiger partial charge in [-0.3, -0.25) is 4.79 Å². The average Bonchev–Trinajstić information content (AvgIpc) is 3.30. The monoisotopic (exact) mass is 377 g/mol. The molecule has 26 heavy (non-hydrogen) atoms. The van der Waals surface area contributed by atoms with Crippen molar-refractivity contribution in [3.63, 3.8) is 0 Å². The lowest BCUT2D eigenvalue weighted by Gasteiger charge is -2.06. The van der Waals surface area contributed by atoms with E-state index in [1.54, 1.807) is 24.3 Å². The van der Waals surface area contributed by atoms with Gasteiger partial charge in [0, 0.05) is 0 Å². The number of aryl methyl sites for hydroxylation is 1. The predicted molar refractivity (Wildman–Crippen MR) is 88.2 cm³/mol. The number of carbonyl (C=O) groups excluding carboxylic acids is 1. The van der Waals surface area contributed by atoms with Gasteiger partial charge in [-0.25, -0.2) is 8.42 Å². The standard InChI is InChI=1S/C16H15N3O6S/c1-11-4-6-12(7-5-11)26(21,22)17-9-15(20)24-10-14-18-19-16(25-14)13-3-2-8-23-13/h2-8,17H,9-10H2,1H3. The summed E-state index contributed by atoms with van der Waals surface area (Å²) in [5.74, 6) is -0.174. The molecule has 0 aliphatic heterocycles. The molecule has 1 N–H and O–H groups in total. The first-order chi connectivity index (χ1) is 12.4. The molecule has 1 aromatic carbocycles. The van der Waals surface area contributed by atoms with Crippen molar-refractivity contribution >= 4 is 16.0 Å². The highest BCUT2D eigenvalue weighted by atomic mass is 32.2. The lowest BCUT2D eigenvalue weighted by molar-refractivity contribution is -0.144. The molecule has 2 aromatic heterocycles. The molecule has 0 saturated carbocycles. The number of ether oxygens (including phenoxy) is 1. The van der Waals surface area contributed by atoms with Crippen molar-refractivity contribution < 1.29 is 26.8 Å². The highest BCUT2D eigenvalue weighted by Crippen LogP contribution is 2.18.